The minimum absolute atomic E-state index is 0.115. The summed E-state index contributed by atoms with van der Waals surface area (Å²) in [5.74, 6) is -1.76. The van der Waals surface area contributed by atoms with Gasteiger partial charge in [0.15, 0.2) is 13.2 Å². The SMILES string of the molecule is O=C(O)COc1ccc(C=Nc2ccc(O)cc2)c(OCC(=O)O)c1. The Morgan fingerprint density at radius 3 is 2.24 bits per heavy atom. The Bertz CT molecular complexity index is 784. The van der Waals surface area contributed by atoms with Gasteiger partial charge in [0.1, 0.15) is 17.2 Å². The van der Waals surface area contributed by atoms with E-state index in [0.29, 0.717) is 11.3 Å². The van der Waals surface area contributed by atoms with Crippen molar-refractivity contribution >= 4 is 23.8 Å². The number of ether oxygens (including phenoxy) is 2. The van der Waals surface area contributed by atoms with Gasteiger partial charge in [-0.2, -0.15) is 0 Å². The van der Waals surface area contributed by atoms with Gasteiger partial charge in [0, 0.05) is 17.8 Å². The van der Waals surface area contributed by atoms with Gasteiger partial charge in [0.2, 0.25) is 0 Å². The van der Waals surface area contributed by atoms with Gasteiger partial charge in [0.05, 0.1) is 5.69 Å². The molecule has 0 aliphatic heterocycles. The summed E-state index contributed by atoms with van der Waals surface area (Å²) in [5, 5.41) is 26.6. The van der Waals surface area contributed by atoms with E-state index in [-0.39, 0.29) is 17.2 Å². The van der Waals surface area contributed by atoms with Crippen molar-refractivity contribution in [2.45, 2.75) is 0 Å². The van der Waals surface area contributed by atoms with Crippen LogP contribution in [-0.2, 0) is 9.59 Å². The monoisotopic (exact) mass is 345 g/mol. The van der Waals surface area contributed by atoms with Crippen molar-refractivity contribution in [3.05, 3.63) is 48.0 Å². The third kappa shape index (κ3) is 5.87. The van der Waals surface area contributed by atoms with Gasteiger partial charge in [-0.25, -0.2) is 9.59 Å². The number of carboxylic acid groups (broad SMARTS) is 2. The standard InChI is InChI=1S/C17H15NO7/c19-13-4-2-12(3-5-13)18-8-11-1-6-14(24-9-16(20)21)7-15(11)25-10-17(22)23/h1-8,19H,9-10H2,(H,20,21)(H,22,23). The van der Waals surface area contributed by atoms with E-state index in [1.54, 1.807) is 18.2 Å². The molecule has 0 saturated carbocycles. The Morgan fingerprint density at radius 2 is 1.60 bits per heavy atom. The first-order valence-electron chi connectivity index (χ1n) is 7.10. The van der Waals surface area contributed by atoms with Crippen LogP contribution in [0.3, 0.4) is 0 Å². The first kappa shape index (κ1) is 17.8. The van der Waals surface area contributed by atoms with Crippen molar-refractivity contribution < 1.29 is 34.4 Å². The number of carboxylic acids is 2. The lowest BCUT2D eigenvalue weighted by molar-refractivity contribution is -0.140. The topological polar surface area (TPSA) is 126 Å². The molecule has 0 atom stereocenters. The van der Waals surface area contributed by atoms with Crippen LogP contribution in [0.2, 0.25) is 0 Å². The van der Waals surface area contributed by atoms with Crippen molar-refractivity contribution in [1.29, 1.82) is 0 Å². The fourth-order valence-corrected chi connectivity index (χ4v) is 1.80. The largest absolute Gasteiger partial charge is 0.508 e. The van der Waals surface area contributed by atoms with Crippen LogP contribution < -0.4 is 9.47 Å². The number of aliphatic imine (C=N–C) groups is 1. The van der Waals surface area contributed by atoms with E-state index < -0.39 is 25.2 Å². The molecule has 25 heavy (non-hydrogen) atoms. The van der Waals surface area contributed by atoms with Crippen LogP contribution in [0, 0.1) is 0 Å². The Morgan fingerprint density at radius 1 is 0.960 bits per heavy atom. The maximum Gasteiger partial charge on any atom is 0.341 e. The molecular weight excluding hydrogens is 330 g/mol. The molecule has 0 aromatic heterocycles. The van der Waals surface area contributed by atoms with E-state index in [4.69, 9.17) is 19.7 Å². The number of benzene rings is 2. The van der Waals surface area contributed by atoms with E-state index in [1.807, 2.05) is 0 Å². The van der Waals surface area contributed by atoms with Crippen LogP contribution in [0.25, 0.3) is 0 Å². The van der Waals surface area contributed by atoms with E-state index in [9.17, 15) is 14.7 Å². The summed E-state index contributed by atoms with van der Waals surface area (Å²) >= 11 is 0. The Balaban J connectivity index is 2.22. The second-order valence-electron chi connectivity index (χ2n) is 4.84. The first-order valence-corrected chi connectivity index (χ1v) is 7.10. The van der Waals surface area contributed by atoms with E-state index in [2.05, 4.69) is 4.99 Å². The Kier molecular flexibility index (Phi) is 5.94. The molecule has 0 spiro atoms. The predicted octanol–water partition coefficient (Wildman–Crippen LogP) is 2.07. The number of hydrogen-bond acceptors (Lipinski definition) is 6. The number of aromatic hydroxyl groups is 1. The Labute approximate surface area is 142 Å². The summed E-state index contributed by atoms with van der Waals surface area (Å²) in [5.41, 5.74) is 1.06. The zero-order valence-corrected chi connectivity index (χ0v) is 13.0. The lowest BCUT2D eigenvalue weighted by Gasteiger charge is -2.10. The molecule has 2 rings (SSSR count). The molecule has 0 aliphatic carbocycles. The van der Waals surface area contributed by atoms with Gasteiger partial charge < -0.3 is 24.8 Å². The van der Waals surface area contributed by atoms with Crippen molar-refractivity contribution in [3.8, 4) is 17.2 Å². The molecule has 3 N–H and O–H groups in total. The number of rotatable bonds is 8. The molecule has 0 aliphatic rings. The zero-order chi connectivity index (χ0) is 18.2. The maximum absolute atomic E-state index is 10.7. The fraction of sp³-hybridized carbons (Fsp3) is 0.118. The lowest BCUT2D eigenvalue weighted by Crippen LogP contribution is -2.12. The number of phenols is 1. The van der Waals surface area contributed by atoms with Crippen LogP contribution in [0.1, 0.15) is 5.56 Å². The molecule has 0 radical (unpaired) electrons. The van der Waals surface area contributed by atoms with E-state index in [1.165, 1.54) is 30.5 Å². The molecule has 8 heteroatoms. The number of nitrogens with zero attached hydrogens (tertiary/aromatic N) is 1. The van der Waals surface area contributed by atoms with Gasteiger partial charge >= 0.3 is 11.9 Å². The highest BCUT2D eigenvalue weighted by Crippen LogP contribution is 2.25. The molecule has 2 aromatic carbocycles. The molecule has 0 amide bonds. The molecule has 0 saturated heterocycles. The number of aliphatic carboxylic acids is 2. The van der Waals surface area contributed by atoms with Crippen LogP contribution in [0.15, 0.2) is 47.5 Å². The third-order valence-corrected chi connectivity index (χ3v) is 2.90. The molecule has 0 unspecified atom stereocenters. The van der Waals surface area contributed by atoms with Gasteiger partial charge in [-0.1, -0.05) is 0 Å². The highest BCUT2D eigenvalue weighted by molar-refractivity contribution is 5.86. The summed E-state index contributed by atoms with van der Waals surface area (Å²) < 4.78 is 10.2. The second-order valence-corrected chi connectivity index (χ2v) is 4.84. The summed E-state index contributed by atoms with van der Waals surface area (Å²) in [4.78, 5) is 25.5. The fourth-order valence-electron chi connectivity index (χ4n) is 1.80. The van der Waals surface area contributed by atoms with Crippen LogP contribution in [0.5, 0.6) is 17.2 Å². The molecule has 0 heterocycles. The minimum Gasteiger partial charge on any atom is -0.508 e. The van der Waals surface area contributed by atoms with Crippen molar-refractivity contribution in [1.82, 2.24) is 0 Å². The van der Waals surface area contributed by atoms with Crippen LogP contribution in [-0.4, -0.2) is 46.7 Å². The van der Waals surface area contributed by atoms with Crippen molar-refractivity contribution in [2.75, 3.05) is 13.2 Å². The highest BCUT2D eigenvalue weighted by atomic mass is 16.5. The van der Waals surface area contributed by atoms with Crippen LogP contribution in [0.4, 0.5) is 5.69 Å². The zero-order valence-electron chi connectivity index (χ0n) is 13.0. The lowest BCUT2D eigenvalue weighted by atomic mass is 10.2. The summed E-state index contributed by atoms with van der Waals surface area (Å²) in [7, 11) is 0. The quantitative estimate of drug-likeness (QED) is 0.625. The van der Waals surface area contributed by atoms with E-state index >= 15 is 0 Å². The van der Waals surface area contributed by atoms with Crippen LogP contribution >= 0.6 is 0 Å². The molecule has 130 valence electrons. The normalized spacial score (nSPS) is 10.6. The Hall–Kier alpha value is -3.55. The highest BCUT2D eigenvalue weighted by Gasteiger charge is 2.08. The molecule has 8 nitrogen and oxygen atoms in total. The average Bonchev–Trinajstić information content (AvgIpc) is 2.58. The smallest absolute Gasteiger partial charge is 0.341 e. The molecule has 0 bridgehead atoms. The van der Waals surface area contributed by atoms with Crippen molar-refractivity contribution in [2.24, 2.45) is 4.99 Å². The first-order chi connectivity index (χ1) is 11.9. The summed E-state index contributed by atoms with van der Waals surface area (Å²) in [6, 6.07) is 10.7. The van der Waals surface area contributed by atoms with E-state index in [0.717, 1.165) is 0 Å². The maximum atomic E-state index is 10.7. The number of phenolic OH excluding ortho intramolecular Hbond substituents is 1. The van der Waals surface area contributed by atoms with Gasteiger partial charge in [-0.15, -0.1) is 0 Å². The average molecular weight is 345 g/mol. The molecule has 0 fully saturated rings. The van der Waals surface area contributed by atoms with Gasteiger partial charge in [-0.05, 0) is 36.4 Å². The number of carbonyl (C=O) groups is 2. The predicted molar refractivity (Wildman–Crippen MR) is 88.1 cm³/mol. The number of hydrogen-bond donors (Lipinski definition) is 3. The molecule has 2 aromatic rings. The third-order valence-electron chi connectivity index (χ3n) is 2.90. The summed E-state index contributed by atoms with van der Waals surface area (Å²) in [6.07, 6.45) is 1.46. The minimum atomic E-state index is -1.15. The summed E-state index contributed by atoms with van der Waals surface area (Å²) in [6.45, 7) is -1.10. The second kappa shape index (κ2) is 8.34. The molecular formula is C17H15NO7. The van der Waals surface area contributed by atoms with Gasteiger partial charge in [-0.3, -0.25) is 4.99 Å². The van der Waals surface area contributed by atoms with Gasteiger partial charge in [0.25, 0.3) is 0 Å². The van der Waals surface area contributed by atoms with Crippen molar-refractivity contribution in [3.63, 3.8) is 0 Å².